The Morgan fingerprint density at radius 1 is 0.962 bits per heavy atom. The van der Waals surface area contributed by atoms with Gasteiger partial charge in [-0.05, 0) is 78.0 Å². The topological polar surface area (TPSA) is 144 Å². The van der Waals surface area contributed by atoms with Crippen molar-refractivity contribution in [3.05, 3.63) is 53.1 Å². The number of aromatic nitrogens is 2. The molecule has 2 aromatic heterocycles. The summed E-state index contributed by atoms with van der Waals surface area (Å²) in [5.41, 5.74) is -2.19. The fraction of sp³-hybridized carbons (Fsp3) is 0.405. The van der Waals surface area contributed by atoms with Gasteiger partial charge >= 0.3 is 18.3 Å². The van der Waals surface area contributed by atoms with Crippen molar-refractivity contribution in [2.24, 2.45) is 0 Å². The number of piperazine rings is 1. The van der Waals surface area contributed by atoms with E-state index >= 15 is 13.2 Å². The minimum Gasteiger partial charge on any atom is -0.444 e. The van der Waals surface area contributed by atoms with E-state index in [-0.39, 0.29) is 79.2 Å². The SMILES string of the molecule is C=C1C[C@@H]2[C@@H]3CC[C@H](CN2c2nc(F)nc4c(F)c(-c5ccc(F)c6sc(NC(=O)OC(C)(C)C)c(C#N)c56)c(C#N)c1c24)N3C(=O)OC(C)(C)C. The number of carbonyl (C=O) groups excluding carboxylic acids is 2. The predicted octanol–water partition coefficient (Wildman–Crippen LogP) is 8.39. The Hall–Kier alpha value is -5.41. The van der Waals surface area contributed by atoms with Crippen molar-refractivity contribution in [3.8, 4) is 23.3 Å². The van der Waals surface area contributed by atoms with Gasteiger partial charge in [-0.15, -0.1) is 11.3 Å². The van der Waals surface area contributed by atoms with Gasteiger partial charge in [-0.3, -0.25) is 10.2 Å². The van der Waals surface area contributed by atoms with Crippen LogP contribution in [0.5, 0.6) is 0 Å². The molecule has 0 unspecified atom stereocenters. The summed E-state index contributed by atoms with van der Waals surface area (Å²) in [5.74, 6) is -1.76. The van der Waals surface area contributed by atoms with Crippen LogP contribution in [0.3, 0.4) is 0 Å². The first-order valence-electron chi connectivity index (χ1n) is 16.7. The van der Waals surface area contributed by atoms with Crippen LogP contribution in [0.15, 0.2) is 18.7 Å². The lowest BCUT2D eigenvalue weighted by molar-refractivity contribution is 0.00775. The summed E-state index contributed by atoms with van der Waals surface area (Å²) in [5, 5.41) is 23.5. The summed E-state index contributed by atoms with van der Waals surface area (Å²) in [6, 6.07) is 5.26. The Bertz CT molecular complexity index is 2330. The van der Waals surface area contributed by atoms with Gasteiger partial charge in [0.2, 0.25) is 0 Å². The van der Waals surface area contributed by atoms with Crippen LogP contribution in [-0.4, -0.2) is 62.9 Å². The first-order chi connectivity index (χ1) is 24.4. The number of hydrogen-bond acceptors (Lipinski definition) is 10. The van der Waals surface area contributed by atoms with Gasteiger partial charge in [0.15, 0.2) is 5.82 Å². The summed E-state index contributed by atoms with van der Waals surface area (Å²) in [6.45, 7) is 14.9. The van der Waals surface area contributed by atoms with Crippen LogP contribution in [-0.2, 0) is 9.47 Å². The van der Waals surface area contributed by atoms with E-state index in [0.717, 1.165) is 17.4 Å². The number of ether oxygens (including phenoxy) is 2. The Labute approximate surface area is 301 Å². The van der Waals surface area contributed by atoms with Crippen molar-refractivity contribution in [1.29, 1.82) is 10.5 Å². The second kappa shape index (κ2) is 12.1. The molecule has 268 valence electrons. The molecule has 3 atom stereocenters. The van der Waals surface area contributed by atoms with E-state index in [1.54, 1.807) is 46.4 Å². The number of fused-ring (bicyclic) bond motifs is 6. The second-order valence-electron chi connectivity index (χ2n) is 15.1. The molecule has 2 fully saturated rings. The second-order valence-corrected chi connectivity index (χ2v) is 16.2. The fourth-order valence-electron chi connectivity index (χ4n) is 7.67. The minimum atomic E-state index is -1.21. The van der Waals surface area contributed by atoms with E-state index < -0.39 is 52.7 Å². The standard InChI is InChI=1S/C37H34F3N7O4S/c1-16-12-23-22-11-8-17(47(22)35(49)51-37(5,6)7)15-46(23)31-27-24(16)19(13-41)25(28(39)29(27)43-33(40)44-31)18-9-10-21(38)30-26(18)20(14-42)32(52-30)45-34(48)50-36(2,3)4/h9-10,17,22-23H,1,8,11-12,15H2,2-7H3,(H,45,48)/t17-,22+,23-/m1/s1. The highest BCUT2D eigenvalue weighted by Gasteiger charge is 2.51. The molecule has 0 radical (unpaired) electrons. The zero-order chi connectivity index (χ0) is 37.6. The maximum Gasteiger partial charge on any atom is 0.412 e. The lowest BCUT2D eigenvalue weighted by Crippen LogP contribution is -2.62. The van der Waals surface area contributed by atoms with Crippen LogP contribution < -0.4 is 10.2 Å². The highest BCUT2D eigenvalue weighted by Crippen LogP contribution is 2.51. The number of amides is 2. The van der Waals surface area contributed by atoms with Gasteiger partial charge in [-0.2, -0.15) is 24.9 Å². The summed E-state index contributed by atoms with van der Waals surface area (Å²) in [6.07, 6.45) is -1.08. The van der Waals surface area contributed by atoms with E-state index in [1.807, 2.05) is 11.0 Å². The van der Waals surface area contributed by atoms with E-state index in [0.29, 0.717) is 18.4 Å². The summed E-state index contributed by atoms with van der Waals surface area (Å²) >= 11 is 0.750. The van der Waals surface area contributed by atoms with Crippen LogP contribution in [0.4, 0.5) is 33.6 Å². The molecule has 3 aliphatic rings. The number of thiophene rings is 1. The molecule has 3 aliphatic heterocycles. The average Bonchev–Trinajstić information content (AvgIpc) is 3.54. The Morgan fingerprint density at radius 3 is 2.31 bits per heavy atom. The molecule has 4 aromatic rings. The van der Waals surface area contributed by atoms with Gasteiger partial charge in [-0.25, -0.2) is 18.4 Å². The highest BCUT2D eigenvalue weighted by molar-refractivity contribution is 7.23. The molecule has 0 aliphatic carbocycles. The minimum absolute atomic E-state index is 0.0425. The maximum atomic E-state index is 17.2. The van der Waals surface area contributed by atoms with Crippen LogP contribution >= 0.6 is 11.3 Å². The molecule has 11 nitrogen and oxygen atoms in total. The van der Waals surface area contributed by atoms with E-state index in [9.17, 15) is 20.1 Å². The molecule has 0 saturated carbocycles. The molecule has 2 aromatic carbocycles. The van der Waals surface area contributed by atoms with Crippen molar-refractivity contribution in [3.63, 3.8) is 0 Å². The number of carbonyl (C=O) groups is 2. The molecule has 0 spiro atoms. The molecule has 1 N–H and O–H groups in total. The smallest absolute Gasteiger partial charge is 0.412 e. The van der Waals surface area contributed by atoms with Crippen LogP contribution in [0.1, 0.15) is 77.5 Å². The number of nitrogens with zero attached hydrogens (tertiary/aromatic N) is 6. The van der Waals surface area contributed by atoms with Crippen molar-refractivity contribution in [2.45, 2.75) is 90.1 Å². The lowest BCUT2D eigenvalue weighted by atomic mass is 9.86. The van der Waals surface area contributed by atoms with E-state index in [2.05, 4.69) is 27.9 Å². The molecule has 5 heterocycles. The Kier molecular flexibility index (Phi) is 8.14. The first kappa shape index (κ1) is 35.0. The lowest BCUT2D eigenvalue weighted by Gasteiger charge is -2.47. The van der Waals surface area contributed by atoms with Gasteiger partial charge in [0.1, 0.15) is 45.5 Å². The van der Waals surface area contributed by atoms with Crippen molar-refractivity contribution in [1.82, 2.24) is 14.9 Å². The van der Waals surface area contributed by atoms with Crippen molar-refractivity contribution >= 4 is 60.9 Å². The Balaban J connectivity index is 1.44. The van der Waals surface area contributed by atoms with Crippen LogP contribution in [0.25, 0.3) is 37.7 Å². The third kappa shape index (κ3) is 5.64. The largest absolute Gasteiger partial charge is 0.444 e. The van der Waals surface area contributed by atoms with E-state index in [4.69, 9.17) is 9.47 Å². The summed E-state index contributed by atoms with van der Waals surface area (Å²) in [7, 11) is 0. The quantitative estimate of drug-likeness (QED) is 0.201. The zero-order valence-corrected chi connectivity index (χ0v) is 30.1. The predicted molar refractivity (Wildman–Crippen MR) is 189 cm³/mol. The van der Waals surface area contributed by atoms with Gasteiger partial charge < -0.3 is 14.4 Å². The first-order valence-corrected chi connectivity index (χ1v) is 17.5. The number of rotatable bonds is 2. The summed E-state index contributed by atoms with van der Waals surface area (Å²) < 4.78 is 59.0. The number of anilines is 2. The van der Waals surface area contributed by atoms with Crippen LogP contribution in [0, 0.1) is 40.4 Å². The normalized spacial score (nSPS) is 19.6. The van der Waals surface area contributed by atoms with Gasteiger partial charge in [-0.1, -0.05) is 12.6 Å². The molecule has 15 heteroatoms. The average molecular weight is 730 g/mol. The highest BCUT2D eigenvalue weighted by atomic mass is 32.1. The van der Waals surface area contributed by atoms with Crippen molar-refractivity contribution < 1.29 is 32.2 Å². The number of benzene rings is 2. The van der Waals surface area contributed by atoms with Crippen molar-refractivity contribution in [2.75, 3.05) is 16.8 Å². The third-order valence-electron chi connectivity index (χ3n) is 9.42. The molecule has 2 amide bonds. The van der Waals surface area contributed by atoms with Gasteiger partial charge in [0.05, 0.1) is 39.3 Å². The molecule has 2 bridgehead atoms. The molecular weight excluding hydrogens is 696 g/mol. The maximum absolute atomic E-state index is 17.2. The monoisotopic (exact) mass is 729 g/mol. The van der Waals surface area contributed by atoms with Crippen LogP contribution in [0.2, 0.25) is 0 Å². The van der Waals surface area contributed by atoms with E-state index in [1.165, 1.54) is 6.07 Å². The molecule has 7 rings (SSSR count). The zero-order valence-electron chi connectivity index (χ0n) is 29.3. The molecule has 2 saturated heterocycles. The molecule has 52 heavy (non-hydrogen) atoms. The number of nitriles is 2. The van der Waals surface area contributed by atoms with Gasteiger partial charge in [0, 0.05) is 23.1 Å². The number of nitrogens with one attached hydrogen (secondary N) is 1. The number of hydrogen-bond donors (Lipinski definition) is 1. The summed E-state index contributed by atoms with van der Waals surface area (Å²) in [4.78, 5) is 37.7. The Morgan fingerprint density at radius 2 is 1.65 bits per heavy atom. The third-order valence-corrected chi connectivity index (χ3v) is 10.5. The number of halogens is 3. The molecular formula is C37H34F3N7O4S. The fourth-order valence-corrected chi connectivity index (χ4v) is 8.74. The van der Waals surface area contributed by atoms with Gasteiger partial charge in [0.25, 0.3) is 0 Å².